The maximum atomic E-state index is 10.6. The molecule has 0 atom stereocenters. The number of hydrogen-bond donors (Lipinski definition) is 2. The molecule has 1 aromatic rings. The topological polar surface area (TPSA) is 89.4 Å². The zero-order valence-corrected chi connectivity index (χ0v) is 10.5. The standard InChI is InChI=1S/C7H8O3S.H3N.Na.H/c1-6-4-2-3-5-7(6)11(8,9)10;;;/h2-5H,1H3,(H,8,9,10);1H3;;/q;;+1;-1. The van der Waals surface area contributed by atoms with Crippen molar-refractivity contribution in [3.63, 3.8) is 0 Å². The minimum atomic E-state index is -4.03. The van der Waals surface area contributed by atoms with Crippen LogP contribution in [0, 0.1) is 6.92 Å². The maximum absolute atomic E-state index is 10.6. The summed E-state index contributed by atoms with van der Waals surface area (Å²) in [4.78, 5) is -0.0278. The van der Waals surface area contributed by atoms with Crippen molar-refractivity contribution in [1.29, 1.82) is 0 Å². The van der Waals surface area contributed by atoms with Crippen LogP contribution in [-0.4, -0.2) is 13.0 Å². The zero-order chi connectivity index (χ0) is 8.48. The smallest absolute Gasteiger partial charge is 1.00 e. The fourth-order valence-electron chi connectivity index (χ4n) is 0.846. The van der Waals surface area contributed by atoms with E-state index in [9.17, 15) is 8.42 Å². The molecule has 0 unspecified atom stereocenters. The van der Waals surface area contributed by atoms with Gasteiger partial charge in [-0.3, -0.25) is 4.55 Å². The molecule has 4 N–H and O–H groups in total. The van der Waals surface area contributed by atoms with E-state index in [0.29, 0.717) is 5.56 Å². The van der Waals surface area contributed by atoms with Gasteiger partial charge in [0.25, 0.3) is 10.1 Å². The Morgan fingerprint density at radius 2 is 1.77 bits per heavy atom. The van der Waals surface area contributed by atoms with E-state index in [4.69, 9.17) is 4.55 Å². The molecule has 0 amide bonds. The third-order valence-corrected chi connectivity index (χ3v) is 2.39. The van der Waals surface area contributed by atoms with E-state index < -0.39 is 10.1 Å². The summed E-state index contributed by atoms with van der Waals surface area (Å²) < 4.78 is 29.9. The van der Waals surface area contributed by atoms with E-state index in [1.54, 1.807) is 25.1 Å². The van der Waals surface area contributed by atoms with Gasteiger partial charge in [-0.15, -0.1) is 0 Å². The molecule has 0 spiro atoms. The Kier molecular flexibility index (Phi) is 6.87. The molecule has 0 radical (unpaired) electrons. The van der Waals surface area contributed by atoms with Crippen LogP contribution < -0.4 is 35.7 Å². The van der Waals surface area contributed by atoms with Crippen molar-refractivity contribution in [1.82, 2.24) is 6.15 Å². The van der Waals surface area contributed by atoms with Gasteiger partial charge in [0.15, 0.2) is 0 Å². The summed E-state index contributed by atoms with van der Waals surface area (Å²) in [5, 5.41) is 0. The summed E-state index contributed by atoms with van der Waals surface area (Å²) in [5.74, 6) is 0. The van der Waals surface area contributed by atoms with Crippen molar-refractivity contribution in [2.24, 2.45) is 0 Å². The van der Waals surface area contributed by atoms with Gasteiger partial charge < -0.3 is 7.58 Å². The van der Waals surface area contributed by atoms with Crippen LogP contribution in [0.3, 0.4) is 0 Å². The summed E-state index contributed by atoms with van der Waals surface area (Å²) in [6, 6.07) is 6.27. The number of hydrogen-bond acceptors (Lipinski definition) is 3. The van der Waals surface area contributed by atoms with Gasteiger partial charge in [-0.1, -0.05) is 18.2 Å². The molecule has 70 valence electrons. The van der Waals surface area contributed by atoms with Gasteiger partial charge >= 0.3 is 29.6 Å². The van der Waals surface area contributed by atoms with Crippen molar-refractivity contribution in [2.45, 2.75) is 11.8 Å². The van der Waals surface area contributed by atoms with Crippen LogP contribution in [0.15, 0.2) is 29.2 Å². The summed E-state index contributed by atoms with van der Waals surface area (Å²) in [7, 11) is -4.03. The quantitative estimate of drug-likeness (QED) is 0.440. The van der Waals surface area contributed by atoms with Crippen molar-refractivity contribution < 1.29 is 44.0 Å². The first-order valence-corrected chi connectivity index (χ1v) is 4.49. The summed E-state index contributed by atoms with van der Waals surface area (Å²) >= 11 is 0. The van der Waals surface area contributed by atoms with Gasteiger partial charge in [0, 0.05) is 0 Å². The minimum absolute atomic E-state index is 0. The summed E-state index contributed by atoms with van der Waals surface area (Å²) in [6.45, 7) is 1.63. The molecule has 13 heavy (non-hydrogen) atoms. The Hall–Kier alpha value is 0.0900. The average molecular weight is 213 g/mol. The van der Waals surface area contributed by atoms with Gasteiger partial charge in [-0.05, 0) is 18.6 Å². The molecule has 0 aliphatic heterocycles. The van der Waals surface area contributed by atoms with E-state index in [2.05, 4.69) is 0 Å². The Balaban J connectivity index is -0.000000403. The van der Waals surface area contributed by atoms with E-state index in [-0.39, 0.29) is 42.0 Å². The predicted molar refractivity (Wildman–Crippen MR) is 47.1 cm³/mol. The molecule has 1 aromatic carbocycles. The van der Waals surface area contributed by atoms with Gasteiger partial charge in [0.1, 0.15) is 0 Å². The van der Waals surface area contributed by atoms with Crippen LogP contribution in [0.2, 0.25) is 0 Å². The molecule has 0 aromatic heterocycles. The van der Waals surface area contributed by atoms with E-state index in [0.717, 1.165) is 0 Å². The Bertz CT molecular complexity index is 369. The normalized spacial score (nSPS) is 9.69. The molecule has 4 nitrogen and oxygen atoms in total. The number of aryl methyl sites for hydroxylation is 1. The third-order valence-electron chi connectivity index (χ3n) is 1.37. The first-order chi connectivity index (χ1) is 5.02. The fraction of sp³-hybridized carbons (Fsp3) is 0.143. The van der Waals surface area contributed by atoms with Crippen molar-refractivity contribution in [3.05, 3.63) is 29.8 Å². The molecular weight excluding hydrogens is 201 g/mol. The van der Waals surface area contributed by atoms with Crippen molar-refractivity contribution in [2.75, 3.05) is 0 Å². The molecule has 0 fully saturated rings. The molecule has 6 heteroatoms. The second kappa shape index (κ2) is 5.74. The average Bonchev–Trinajstić information content (AvgIpc) is 1.86. The molecule has 0 heterocycles. The van der Waals surface area contributed by atoms with Crippen LogP contribution in [0.4, 0.5) is 0 Å². The first-order valence-electron chi connectivity index (χ1n) is 3.05. The Labute approximate surface area is 101 Å². The Morgan fingerprint density at radius 3 is 2.08 bits per heavy atom. The van der Waals surface area contributed by atoms with Gasteiger partial charge in [-0.25, -0.2) is 0 Å². The monoisotopic (exact) mass is 213 g/mol. The second-order valence-electron chi connectivity index (χ2n) is 2.24. The maximum Gasteiger partial charge on any atom is 1.00 e. The van der Waals surface area contributed by atoms with E-state index >= 15 is 0 Å². The van der Waals surface area contributed by atoms with Crippen LogP contribution in [0.25, 0.3) is 0 Å². The molecule has 0 aliphatic carbocycles. The number of rotatable bonds is 1. The van der Waals surface area contributed by atoms with Crippen LogP contribution >= 0.6 is 0 Å². The van der Waals surface area contributed by atoms with Crippen LogP contribution in [-0.2, 0) is 10.1 Å². The fourth-order valence-corrected chi connectivity index (χ4v) is 1.57. The molecular formula is C7H12NNaO3S. The third kappa shape index (κ3) is 4.21. The van der Waals surface area contributed by atoms with Gasteiger partial charge in [0.2, 0.25) is 0 Å². The van der Waals surface area contributed by atoms with Gasteiger partial charge in [-0.2, -0.15) is 8.42 Å². The molecule has 1 rings (SSSR count). The SMILES string of the molecule is Cc1ccccc1S(=O)(=O)O.N.[H-].[Na+]. The second-order valence-corrected chi connectivity index (χ2v) is 3.63. The van der Waals surface area contributed by atoms with Crippen molar-refractivity contribution in [3.8, 4) is 0 Å². The van der Waals surface area contributed by atoms with Crippen molar-refractivity contribution >= 4 is 10.1 Å². The van der Waals surface area contributed by atoms with Gasteiger partial charge in [0.05, 0.1) is 4.90 Å². The van der Waals surface area contributed by atoms with E-state index in [1.807, 2.05) is 0 Å². The minimum Gasteiger partial charge on any atom is -1.00 e. The largest absolute Gasteiger partial charge is 1.00 e. The predicted octanol–water partition coefficient (Wildman–Crippen LogP) is -1.48. The zero-order valence-electron chi connectivity index (χ0n) is 8.69. The molecule has 0 saturated carbocycles. The van der Waals surface area contributed by atoms with Crippen LogP contribution in [0.5, 0.6) is 0 Å². The van der Waals surface area contributed by atoms with E-state index in [1.165, 1.54) is 6.07 Å². The summed E-state index contributed by atoms with van der Waals surface area (Å²) in [6.07, 6.45) is 0. The number of benzene rings is 1. The molecule has 0 aliphatic rings. The molecule has 0 bridgehead atoms. The van der Waals surface area contributed by atoms with Crippen LogP contribution in [0.1, 0.15) is 6.99 Å². The first kappa shape index (κ1) is 15.6. The Morgan fingerprint density at radius 1 is 1.31 bits per heavy atom. The molecule has 0 saturated heterocycles. The summed E-state index contributed by atoms with van der Waals surface area (Å²) in [5.41, 5.74) is 0.551.